The lowest BCUT2D eigenvalue weighted by atomic mass is 9.97. The molecule has 0 unspecified atom stereocenters. The fourth-order valence-electron chi connectivity index (χ4n) is 1.80. The van der Waals surface area contributed by atoms with E-state index in [1.807, 2.05) is 6.07 Å². The van der Waals surface area contributed by atoms with Crippen LogP contribution in [-0.4, -0.2) is 15.0 Å². The molecule has 1 aromatic rings. The predicted octanol–water partition coefficient (Wildman–Crippen LogP) is 4.18. The maximum absolute atomic E-state index is 9.85. The fraction of sp³-hybridized carbons (Fsp3) is 0.538. The van der Waals surface area contributed by atoms with Crippen molar-refractivity contribution in [3.8, 4) is 11.5 Å². The average Bonchev–Trinajstić information content (AvgIpc) is 2.29. The first-order valence-corrected chi connectivity index (χ1v) is 6.74. The molecule has 1 rings (SSSR count). The summed E-state index contributed by atoms with van der Waals surface area (Å²) in [5.41, 5.74) is 1.83. The first-order valence-electron chi connectivity index (χ1n) is 5.87. The van der Waals surface area contributed by atoms with E-state index in [4.69, 9.17) is 23.2 Å². The molecule has 1 aromatic carbocycles. The van der Waals surface area contributed by atoms with Crippen molar-refractivity contribution in [3.05, 3.63) is 23.3 Å². The van der Waals surface area contributed by atoms with E-state index >= 15 is 0 Å². The summed E-state index contributed by atoms with van der Waals surface area (Å²) in [6.45, 7) is 2.12. The number of halogens is 2. The van der Waals surface area contributed by atoms with Crippen LogP contribution in [0.3, 0.4) is 0 Å². The molecule has 0 aliphatic carbocycles. The Kier molecular flexibility index (Phi) is 5.93. The van der Waals surface area contributed by atoms with Crippen LogP contribution in [0.2, 0.25) is 0 Å². The van der Waals surface area contributed by atoms with Crippen LogP contribution >= 0.6 is 23.2 Å². The molecule has 2 nitrogen and oxygen atoms in total. The van der Waals surface area contributed by atoms with Crippen molar-refractivity contribution in [1.29, 1.82) is 0 Å². The highest BCUT2D eigenvalue weighted by Gasteiger charge is 2.13. The van der Waals surface area contributed by atoms with Crippen LogP contribution in [0, 0.1) is 0 Å². The molecule has 0 radical (unpaired) electrons. The van der Waals surface area contributed by atoms with Gasteiger partial charge in [-0.3, -0.25) is 0 Å². The molecular weight excluding hydrogens is 259 g/mol. The monoisotopic (exact) mass is 276 g/mol. The highest BCUT2D eigenvalue weighted by atomic mass is 35.5. The standard InChI is InChI=1S/C13H18Cl2O2/c1-2-3-4-9-5-7-11(16)13(17)10(9)6-8-12(14)15/h5,7,12,16-17H,2-4,6,8H2,1H3. The number of hydrogen-bond donors (Lipinski definition) is 2. The molecule has 0 aliphatic heterocycles. The fourth-order valence-corrected chi connectivity index (χ4v) is 2.02. The minimum Gasteiger partial charge on any atom is -0.504 e. The first-order chi connectivity index (χ1) is 8.06. The third-order valence-corrected chi connectivity index (χ3v) is 3.21. The Hall–Kier alpha value is -0.600. The van der Waals surface area contributed by atoms with Gasteiger partial charge in [0.2, 0.25) is 0 Å². The Labute approximate surface area is 112 Å². The van der Waals surface area contributed by atoms with Crippen LogP contribution in [0.4, 0.5) is 0 Å². The van der Waals surface area contributed by atoms with Crippen LogP contribution in [0.1, 0.15) is 37.3 Å². The molecule has 96 valence electrons. The van der Waals surface area contributed by atoms with Crippen molar-refractivity contribution in [3.63, 3.8) is 0 Å². The van der Waals surface area contributed by atoms with E-state index in [0.29, 0.717) is 12.8 Å². The van der Waals surface area contributed by atoms with Crippen LogP contribution in [0.25, 0.3) is 0 Å². The minimum atomic E-state index is -0.448. The molecule has 0 heterocycles. The predicted molar refractivity (Wildman–Crippen MR) is 72.2 cm³/mol. The average molecular weight is 277 g/mol. The van der Waals surface area contributed by atoms with E-state index in [9.17, 15) is 10.2 Å². The summed E-state index contributed by atoms with van der Waals surface area (Å²) in [5, 5.41) is 19.4. The zero-order valence-electron chi connectivity index (χ0n) is 9.92. The lowest BCUT2D eigenvalue weighted by molar-refractivity contribution is 0.398. The van der Waals surface area contributed by atoms with Gasteiger partial charge < -0.3 is 10.2 Å². The second kappa shape index (κ2) is 6.97. The van der Waals surface area contributed by atoms with Gasteiger partial charge in [-0.2, -0.15) is 0 Å². The van der Waals surface area contributed by atoms with E-state index in [1.54, 1.807) is 0 Å². The Bertz CT molecular complexity index is 365. The third kappa shape index (κ3) is 4.29. The summed E-state index contributed by atoms with van der Waals surface area (Å²) >= 11 is 11.4. The molecule has 0 aliphatic rings. The quantitative estimate of drug-likeness (QED) is 0.605. The van der Waals surface area contributed by atoms with Gasteiger partial charge in [0.05, 0.1) is 0 Å². The Morgan fingerprint density at radius 1 is 1.18 bits per heavy atom. The zero-order valence-corrected chi connectivity index (χ0v) is 11.4. The summed E-state index contributed by atoms with van der Waals surface area (Å²) in [6, 6.07) is 3.39. The molecule has 4 heteroatoms. The molecule has 0 bridgehead atoms. The van der Waals surface area contributed by atoms with E-state index in [-0.39, 0.29) is 11.5 Å². The van der Waals surface area contributed by atoms with Crippen molar-refractivity contribution in [2.75, 3.05) is 0 Å². The SMILES string of the molecule is CCCCc1ccc(O)c(O)c1CCC(Cl)Cl. The third-order valence-electron chi connectivity index (χ3n) is 2.77. The maximum atomic E-state index is 9.85. The molecule has 2 N–H and O–H groups in total. The first kappa shape index (κ1) is 14.5. The molecule has 17 heavy (non-hydrogen) atoms. The number of hydrogen-bond acceptors (Lipinski definition) is 2. The van der Waals surface area contributed by atoms with Crippen LogP contribution in [0.15, 0.2) is 12.1 Å². The van der Waals surface area contributed by atoms with Gasteiger partial charge in [-0.25, -0.2) is 0 Å². The second-order valence-corrected chi connectivity index (χ2v) is 5.38. The highest BCUT2D eigenvalue weighted by molar-refractivity contribution is 6.44. The number of rotatable bonds is 6. The van der Waals surface area contributed by atoms with Crippen molar-refractivity contribution in [2.45, 2.75) is 43.9 Å². The number of aromatic hydroxyl groups is 2. The summed E-state index contributed by atoms with van der Waals surface area (Å²) in [4.78, 5) is -0.448. The highest BCUT2D eigenvalue weighted by Crippen LogP contribution is 2.33. The smallest absolute Gasteiger partial charge is 0.160 e. The molecule has 0 atom stereocenters. The lowest BCUT2D eigenvalue weighted by Gasteiger charge is -2.12. The Morgan fingerprint density at radius 2 is 1.88 bits per heavy atom. The van der Waals surface area contributed by atoms with Gasteiger partial charge in [0, 0.05) is 5.56 Å². The number of alkyl halides is 2. The van der Waals surface area contributed by atoms with Crippen molar-refractivity contribution >= 4 is 23.2 Å². The zero-order chi connectivity index (χ0) is 12.8. The number of aryl methyl sites for hydroxylation is 1. The van der Waals surface area contributed by atoms with Gasteiger partial charge in [-0.15, -0.1) is 23.2 Å². The number of unbranched alkanes of at least 4 members (excludes halogenated alkanes) is 1. The molecule has 0 saturated heterocycles. The summed E-state index contributed by atoms with van der Waals surface area (Å²) in [7, 11) is 0. The summed E-state index contributed by atoms with van der Waals surface area (Å²) < 4.78 is 0. The molecule has 0 saturated carbocycles. The minimum absolute atomic E-state index is 0.0346. The van der Waals surface area contributed by atoms with Gasteiger partial charge in [0.1, 0.15) is 4.84 Å². The van der Waals surface area contributed by atoms with Gasteiger partial charge in [-0.05, 0) is 37.3 Å². The van der Waals surface area contributed by atoms with Crippen molar-refractivity contribution in [1.82, 2.24) is 0 Å². The number of phenolic OH excluding ortho intramolecular Hbond substituents is 2. The van der Waals surface area contributed by atoms with Gasteiger partial charge in [-0.1, -0.05) is 19.4 Å². The largest absolute Gasteiger partial charge is 0.504 e. The van der Waals surface area contributed by atoms with Crippen LogP contribution in [-0.2, 0) is 12.8 Å². The van der Waals surface area contributed by atoms with E-state index in [1.165, 1.54) is 6.07 Å². The van der Waals surface area contributed by atoms with Gasteiger partial charge >= 0.3 is 0 Å². The summed E-state index contributed by atoms with van der Waals surface area (Å²) in [6.07, 6.45) is 4.20. The van der Waals surface area contributed by atoms with Crippen molar-refractivity contribution < 1.29 is 10.2 Å². The second-order valence-electron chi connectivity index (χ2n) is 4.10. The van der Waals surface area contributed by atoms with Crippen LogP contribution in [0.5, 0.6) is 11.5 Å². The number of benzene rings is 1. The lowest BCUT2D eigenvalue weighted by Crippen LogP contribution is -1.99. The van der Waals surface area contributed by atoms with Gasteiger partial charge in [0.25, 0.3) is 0 Å². The van der Waals surface area contributed by atoms with Crippen molar-refractivity contribution in [2.24, 2.45) is 0 Å². The maximum Gasteiger partial charge on any atom is 0.160 e. The molecular formula is C13H18Cl2O2. The molecule has 0 aromatic heterocycles. The molecule has 0 fully saturated rings. The van der Waals surface area contributed by atoms with E-state index < -0.39 is 4.84 Å². The van der Waals surface area contributed by atoms with Gasteiger partial charge in [0.15, 0.2) is 11.5 Å². The van der Waals surface area contributed by atoms with E-state index in [2.05, 4.69) is 6.92 Å². The van der Waals surface area contributed by atoms with Crippen LogP contribution < -0.4 is 0 Å². The molecule has 0 spiro atoms. The topological polar surface area (TPSA) is 40.5 Å². The Balaban J connectivity index is 2.90. The Morgan fingerprint density at radius 3 is 2.47 bits per heavy atom. The summed E-state index contributed by atoms with van der Waals surface area (Å²) in [5.74, 6) is -0.117. The normalized spacial score (nSPS) is 11.1. The van der Waals surface area contributed by atoms with E-state index in [0.717, 1.165) is 30.4 Å². The molecule has 0 amide bonds. The number of phenols is 2.